The number of hydrogen-bond donors (Lipinski definition) is 0. The highest BCUT2D eigenvalue weighted by Crippen LogP contribution is 2.30. The monoisotopic (exact) mass is 499 g/mol. The van der Waals surface area contributed by atoms with E-state index in [2.05, 4.69) is 4.99 Å². The van der Waals surface area contributed by atoms with Crippen LogP contribution in [0, 0.1) is 6.92 Å². The van der Waals surface area contributed by atoms with Gasteiger partial charge in [0.2, 0.25) is 10.0 Å². The molecule has 0 atom stereocenters. The van der Waals surface area contributed by atoms with E-state index in [9.17, 15) is 13.2 Å². The van der Waals surface area contributed by atoms with Crippen LogP contribution in [0.25, 0.3) is 10.2 Å². The summed E-state index contributed by atoms with van der Waals surface area (Å²) >= 11 is 1.42. The van der Waals surface area contributed by atoms with Crippen molar-refractivity contribution >= 4 is 37.5 Å². The SMILES string of the molecule is CCn1c(=NC(=O)c2ccc(S(=O)(=O)N(C)Cc3ccco3)cc2)sc2c(C)ccc(OC)c21. The highest BCUT2D eigenvalue weighted by atomic mass is 32.2. The summed E-state index contributed by atoms with van der Waals surface area (Å²) in [6.07, 6.45) is 1.50. The maximum absolute atomic E-state index is 12.9. The molecule has 2 aromatic carbocycles. The summed E-state index contributed by atoms with van der Waals surface area (Å²) in [4.78, 5) is 17.9. The van der Waals surface area contributed by atoms with Crippen LogP contribution in [0.1, 0.15) is 28.6 Å². The average molecular weight is 500 g/mol. The molecule has 0 fully saturated rings. The Morgan fingerprint density at radius 1 is 1.18 bits per heavy atom. The van der Waals surface area contributed by atoms with Crippen LogP contribution in [-0.2, 0) is 23.1 Å². The Morgan fingerprint density at radius 3 is 2.53 bits per heavy atom. The van der Waals surface area contributed by atoms with Crippen LogP contribution in [0.15, 0.2) is 69.1 Å². The molecule has 0 unspecified atom stereocenters. The number of ether oxygens (including phenoxy) is 1. The molecule has 0 saturated carbocycles. The molecule has 0 aliphatic carbocycles. The van der Waals surface area contributed by atoms with E-state index in [0.29, 0.717) is 22.7 Å². The van der Waals surface area contributed by atoms with Gasteiger partial charge in [-0.25, -0.2) is 8.42 Å². The molecular weight excluding hydrogens is 474 g/mol. The Morgan fingerprint density at radius 2 is 1.91 bits per heavy atom. The van der Waals surface area contributed by atoms with Crippen molar-refractivity contribution in [3.8, 4) is 5.75 Å². The minimum Gasteiger partial charge on any atom is -0.495 e. The number of fused-ring (bicyclic) bond motifs is 1. The van der Waals surface area contributed by atoms with Crippen LogP contribution in [0.4, 0.5) is 0 Å². The Bertz CT molecular complexity index is 1500. The lowest BCUT2D eigenvalue weighted by Gasteiger charge is -2.16. The molecule has 0 spiro atoms. The molecule has 0 radical (unpaired) electrons. The molecule has 0 aliphatic rings. The number of carbonyl (C=O) groups excluding carboxylic acids is 1. The number of aryl methyl sites for hydroxylation is 2. The van der Waals surface area contributed by atoms with Gasteiger partial charge in [-0.05, 0) is 61.9 Å². The number of methoxy groups -OCH3 is 1. The highest BCUT2D eigenvalue weighted by Gasteiger charge is 2.22. The molecule has 8 nitrogen and oxygen atoms in total. The molecule has 1 amide bonds. The molecule has 0 aliphatic heterocycles. The predicted molar refractivity (Wildman–Crippen MR) is 130 cm³/mol. The summed E-state index contributed by atoms with van der Waals surface area (Å²) in [6, 6.07) is 13.1. The van der Waals surface area contributed by atoms with Crippen molar-refractivity contribution in [2.75, 3.05) is 14.2 Å². The lowest BCUT2D eigenvalue weighted by molar-refractivity contribution is 0.0997. The van der Waals surface area contributed by atoms with E-state index >= 15 is 0 Å². The quantitative estimate of drug-likeness (QED) is 0.380. The fraction of sp³-hybridized carbons (Fsp3) is 0.250. The lowest BCUT2D eigenvalue weighted by atomic mass is 10.2. The van der Waals surface area contributed by atoms with Crippen LogP contribution >= 0.6 is 11.3 Å². The molecule has 0 bridgehead atoms. The van der Waals surface area contributed by atoms with Crippen LogP contribution in [0.5, 0.6) is 5.75 Å². The van der Waals surface area contributed by atoms with Gasteiger partial charge in [0, 0.05) is 19.2 Å². The van der Waals surface area contributed by atoms with E-state index in [1.165, 1.54) is 53.2 Å². The standard InChI is InChI=1S/C24H25N3O5S2/c1-5-27-21-20(31-4)13-8-16(2)22(21)33-24(27)25-23(28)17-9-11-19(12-10-17)34(29,30)26(3)15-18-7-6-14-32-18/h6-14H,5,15H2,1-4H3. The largest absolute Gasteiger partial charge is 0.495 e. The third kappa shape index (κ3) is 4.44. The first kappa shape index (κ1) is 23.9. The van der Waals surface area contributed by atoms with Gasteiger partial charge in [0.25, 0.3) is 5.91 Å². The topological polar surface area (TPSA) is 94.1 Å². The first-order valence-electron chi connectivity index (χ1n) is 10.6. The third-order valence-electron chi connectivity index (χ3n) is 5.49. The van der Waals surface area contributed by atoms with Crippen molar-refractivity contribution in [1.82, 2.24) is 8.87 Å². The normalized spacial score (nSPS) is 12.6. The fourth-order valence-electron chi connectivity index (χ4n) is 3.63. The number of thiazole rings is 1. The fourth-order valence-corrected chi connectivity index (χ4v) is 5.94. The van der Waals surface area contributed by atoms with Crippen LogP contribution in [0.2, 0.25) is 0 Å². The van der Waals surface area contributed by atoms with Crippen LogP contribution in [-0.4, -0.2) is 37.4 Å². The van der Waals surface area contributed by atoms with Crippen molar-refractivity contribution in [2.24, 2.45) is 4.99 Å². The lowest BCUT2D eigenvalue weighted by Crippen LogP contribution is -2.26. The number of carbonyl (C=O) groups is 1. The van der Waals surface area contributed by atoms with Gasteiger partial charge in [-0.15, -0.1) is 0 Å². The molecule has 4 rings (SSSR count). The molecule has 10 heteroatoms. The van der Waals surface area contributed by atoms with Gasteiger partial charge in [-0.1, -0.05) is 17.4 Å². The molecule has 178 valence electrons. The Balaban J connectivity index is 1.65. The summed E-state index contributed by atoms with van der Waals surface area (Å²) in [5, 5.41) is 0. The van der Waals surface area contributed by atoms with Crippen molar-refractivity contribution < 1.29 is 22.4 Å². The van der Waals surface area contributed by atoms with Crippen molar-refractivity contribution in [2.45, 2.75) is 31.8 Å². The zero-order chi connectivity index (χ0) is 24.5. The second-order valence-electron chi connectivity index (χ2n) is 7.67. The molecule has 34 heavy (non-hydrogen) atoms. The summed E-state index contributed by atoms with van der Waals surface area (Å²) in [7, 11) is -0.645. The average Bonchev–Trinajstić information content (AvgIpc) is 3.47. The van der Waals surface area contributed by atoms with Crippen molar-refractivity contribution in [1.29, 1.82) is 0 Å². The molecule has 4 aromatic rings. The maximum atomic E-state index is 12.9. The van der Waals surface area contributed by atoms with E-state index in [4.69, 9.17) is 9.15 Å². The Hall–Kier alpha value is -3.21. The van der Waals surface area contributed by atoms with E-state index in [1.807, 2.05) is 30.5 Å². The van der Waals surface area contributed by atoms with Gasteiger partial charge in [-0.2, -0.15) is 9.30 Å². The van der Waals surface area contributed by atoms with Crippen LogP contribution in [0.3, 0.4) is 0 Å². The van der Waals surface area contributed by atoms with Gasteiger partial charge < -0.3 is 13.7 Å². The van der Waals surface area contributed by atoms with E-state index in [-0.39, 0.29) is 11.4 Å². The van der Waals surface area contributed by atoms with Gasteiger partial charge >= 0.3 is 0 Å². The second-order valence-corrected chi connectivity index (χ2v) is 10.7. The number of hydrogen-bond acceptors (Lipinski definition) is 6. The number of nitrogens with zero attached hydrogens (tertiary/aromatic N) is 3. The van der Waals surface area contributed by atoms with Gasteiger partial charge in [0.1, 0.15) is 17.0 Å². The number of furan rings is 1. The maximum Gasteiger partial charge on any atom is 0.279 e. The number of amides is 1. The molecule has 2 heterocycles. The molecule has 0 saturated heterocycles. The van der Waals surface area contributed by atoms with E-state index in [0.717, 1.165) is 21.5 Å². The highest BCUT2D eigenvalue weighted by molar-refractivity contribution is 7.89. The molecule has 0 N–H and O–H groups in total. The van der Waals surface area contributed by atoms with Gasteiger partial charge in [0.15, 0.2) is 4.80 Å². The zero-order valence-electron chi connectivity index (χ0n) is 19.3. The van der Waals surface area contributed by atoms with Gasteiger partial charge in [-0.3, -0.25) is 4.79 Å². The van der Waals surface area contributed by atoms with Crippen LogP contribution < -0.4 is 9.54 Å². The summed E-state index contributed by atoms with van der Waals surface area (Å²) in [5.74, 6) is 0.815. The Kier molecular flexibility index (Phi) is 6.74. The van der Waals surface area contributed by atoms with E-state index < -0.39 is 15.9 Å². The first-order chi connectivity index (χ1) is 16.3. The summed E-state index contributed by atoms with van der Waals surface area (Å²) < 4.78 is 40.6. The van der Waals surface area contributed by atoms with E-state index in [1.54, 1.807) is 19.2 Å². The van der Waals surface area contributed by atoms with Crippen molar-refractivity contribution in [3.63, 3.8) is 0 Å². The minimum absolute atomic E-state index is 0.0870. The van der Waals surface area contributed by atoms with Crippen molar-refractivity contribution in [3.05, 3.63) is 76.5 Å². The molecule has 2 aromatic heterocycles. The number of aromatic nitrogens is 1. The Labute approximate surface area is 201 Å². The number of sulfonamides is 1. The smallest absolute Gasteiger partial charge is 0.279 e. The number of rotatable bonds is 7. The second kappa shape index (κ2) is 9.57. The number of benzene rings is 2. The summed E-state index contributed by atoms with van der Waals surface area (Å²) in [6.45, 7) is 4.71. The minimum atomic E-state index is -3.74. The zero-order valence-corrected chi connectivity index (χ0v) is 20.9. The summed E-state index contributed by atoms with van der Waals surface area (Å²) in [5.41, 5.74) is 2.28. The first-order valence-corrected chi connectivity index (χ1v) is 12.9. The third-order valence-corrected chi connectivity index (χ3v) is 8.52. The van der Waals surface area contributed by atoms with Gasteiger partial charge in [0.05, 0.1) is 29.5 Å². The molecular formula is C24H25N3O5S2. The predicted octanol–water partition coefficient (Wildman–Crippen LogP) is 4.19.